The van der Waals surface area contributed by atoms with Crippen molar-refractivity contribution in [2.24, 2.45) is 0 Å². The molecule has 0 saturated carbocycles. The predicted molar refractivity (Wildman–Crippen MR) is 81.1 cm³/mol. The Morgan fingerprint density at radius 1 is 1.24 bits per heavy atom. The van der Waals surface area contributed by atoms with Gasteiger partial charge in [-0.25, -0.2) is 4.98 Å². The summed E-state index contributed by atoms with van der Waals surface area (Å²) in [5, 5.41) is 3.32. The summed E-state index contributed by atoms with van der Waals surface area (Å²) in [6.45, 7) is 0. The number of nitrogens with one attached hydrogen (secondary N) is 1. The number of pyridine rings is 1. The third-order valence-corrected chi connectivity index (χ3v) is 3.06. The van der Waals surface area contributed by atoms with Gasteiger partial charge in [-0.05, 0) is 24.3 Å². The molecule has 1 aromatic carbocycles. The Kier molecular flexibility index (Phi) is 5.00. The molecule has 0 unspecified atom stereocenters. The molecule has 110 valence electrons. The van der Waals surface area contributed by atoms with E-state index in [1.165, 1.54) is 13.3 Å². The predicted octanol–water partition coefficient (Wildman–Crippen LogP) is 2.93. The average Bonchev–Trinajstić information content (AvgIpc) is 2.48. The van der Waals surface area contributed by atoms with Crippen LogP contribution in [0.2, 0.25) is 5.02 Å². The van der Waals surface area contributed by atoms with E-state index in [2.05, 4.69) is 10.3 Å². The van der Waals surface area contributed by atoms with Crippen LogP contribution in [-0.2, 0) is 11.2 Å². The van der Waals surface area contributed by atoms with Crippen LogP contribution in [0.4, 0.5) is 5.69 Å². The first-order valence-corrected chi connectivity index (χ1v) is 6.62. The SMILES string of the molecule is COc1ccc(NC(=O)Cc2cc(Cl)ccc2OC)cn1. The molecule has 0 bridgehead atoms. The fourth-order valence-corrected chi connectivity index (χ4v) is 2.03. The minimum atomic E-state index is -0.178. The molecule has 0 atom stereocenters. The number of methoxy groups -OCH3 is 2. The lowest BCUT2D eigenvalue weighted by Gasteiger charge is -2.09. The highest BCUT2D eigenvalue weighted by molar-refractivity contribution is 6.30. The molecule has 0 radical (unpaired) electrons. The van der Waals surface area contributed by atoms with Gasteiger partial charge in [0.25, 0.3) is 0 Å². The molecule has 0 aliphatic carbocycles. The molecule has 1 amide bonds. The summed E-state index contributed by atoms with van der Waals surface area (Å²) < 4.78 is 10.2. The Morgan fingerprint density at radius 2 is 2.05 bits per heavy atom. The van der Waals surface area contributed by atoms with Crippen LogP contribution in [0.25, 0.3) is 0 Å². The maximum atomic E-state index is 12.0. The lowest BCUT2D eigenvalue weighted by atomic mass is 10.1. The zero-order chi connectivity index (χ0) is 15.2. The van der Waals surface area contributed by atoms with E-state index in [1.807, 2.05) is 0 Å². The van der Waals surface area contributed by atoms with E-state index in [9.17, 15) is 4.79 Å². The molecule has 0 fully saturated rings. The summed E-state index contributed by atoms with van der Waals surface area (Å²) in [5.74, 6) is 0.939. The van der Waals surface area contributed by atoms with Gasteiger partial charge >= 0.3 is 0 Å². The van der Waals surface area contributed by atoms with Gasteiger partial charge in [0.05, 0.1) is 32.5 Å². The highest BCUT2D eigenvalue weighted by atomic mass is 35.5. The van der Waals surface area contributed by atoms with Crippen molar-refractivity contribution in [3.05, 3.63) is 47.1 Å². The van der Waals surface area contributed by atoms with Gasteiger partial charge in [-0.15, -0.1) is 0 Å². The Hall–Kier alpha value is -2.27. The summed E-state index contributed by atoms with van der Waals surface area (Å²) in [5.41, 5.74) is 1.32. The van der Waals surface area contributed by atoms with Crippen LogP contribution in [0.5, 0.6) is 11.6 Å². The van der Waals surface area contributed by atoms with Crippen molar-refractivity contribution in [1.82, 2.24) is 4.98 Å². The van der Waals surface area contributed by atoms with Crippen molar-refractivity contribution in [1.29, 1.82) is 0 Å². The molecule has 0 aliphatic heterocycles. The van der Waals surface area contributed by atoms with Gasteiger partial charge in [-0.2, -0.15) is 0 Å². The zero-order valence-corrected chi connectivity index (χ0v) is 12.5. The number of hydrogen-bond donors (Lipinski definition) is 1. The highest BCUT2D eigenvalue weighted by Gasteiger charge is 2.10. The minimum absolute atomic E-state index is 0.162. The van der Waals surface area contributed by atoms with Gasteiger partial charge in [-0.1, -0.05) is 11.6 Å². The van der Waals surface area contributed by atoms with E-state index >= 15 is 0 Å². The molecule has 2 rings (SSSR count). The summed E-state index contributed by atoms with van der Waals surface area (Å²) in [4.78, 5) is 16.1. The second kappa shape index (κ2) is 6.95. The standard InChI is InChI=1S/C15H15ClN2O3/c1-20-13-5-3-11(16)7-10(13)8-14(19)18-12-4-6-15(21-2)17-9-12/h3-7,9H,8H2,1-2H3,(H,18,19). The molecular formula is C15H15ClN2O3. The molecule has 1 aromatic heterocycles. The molecular weight excluding hydrogens is 292 g/mol. The maximum Gasteiger partial charge on any atom is 0.228 e. The summed E-state index contributed by atoms with van der Waals surface area (Å²) in [6, 6.07) is 8.57. The Morgan fingerprint density at radius 3 is 2.67 bits per heavy atom. The first-order chi connectivity index (χ1) is 10.1. The maximum absolute atomic E-state index is 12.0. The fraction of sp³-hybridized carbons (Fsp3) is 0.200. The number of rotatable bonds is 5. The number of amides is 1. The number of anilines is 1. The summed E-state index contributed by atoms with van der Waals surface area (Å²) in [6.07, 6.45) is 1.70. The van der Waals surface area contributed by atoms with Gasteiger partial charge in [0, 0.05) is 16.7 Å². The summed E-state index contributed by atoms with van der Waals surface area (Å²) >= 11 is 5.94. The molecule has 2 aromatic rings. The van der Waals surface area contributed by atoms with E-state index in [4.69, 9.17) is 21.1 Å². The van der Waals surface area contributed by atoms with Crippen molar-refractivity contribution in [3.8, 4) is 11.6 Å². The van der Waals surface area contributed by atoms with E-state index in [0.717, 1.165) is 5.56 Å². The van der Waals surface area contributed by atoms with Gasteiger partial charge < -0.3 is 14.8 Å². The number of carbonyl (C=O) groups excluding carboxylic acids is 1. The van der Waals surface area contributed by atoms with Crippen molar-refractivity contribution in [3.63, 3.8) is 0 Å². The number of carbonyl (C=O) groups is 1. The first kappa shape index (κ1) is 15.1. The van der Waals surface area contributed by atoms with E-state index in [0.29, 0.717) is 22.3 Å². The van der Waals surface area contributed by atoms with Crippen LogP contribution in [0.15, 0.2) is 36.5 Å². The van der Waals surface area contributed by atoms with Crippen LogP contribution in [0.3, 0.4) is 0 Å². The van der Waals surface area contributed by atoms with E-state index < -0.39 is 0 Å². The van der Waals surface area contributed by atoms with Crippen molar-refractivity contribution >= 4 is 23.2 Å². The molecule has 5 nitrogen and oxygen atoms in total. The second-order valence-electron chi connectivity index (χ2n) is 4.27. The third kappa shape index (κ3) is 4.10. The Balaban J connectivity index is 2.05. The van der Waals surface area contributed by atoms with Gasteiger partial charge in [0.15, 0.2) is 0 Å². The molecule has 0 saturated heterocycles. The monoisotopic (exact) mass is 306 g/mol. The minimum Gasteiger partial charge on any atom is -0.496 e. The number of benzene rings is 1. The zero-order valence-electron chi connectivity index (χ0n) is 11.7. The smallest absolute Gasteiger partial charge is 0.228 e. The van der Waals surface area contributed by atoms with E-state index in [1.54, 1.807) is 37.4 Å². The molecule has 21 heavy (non-hydrogen) atoms. The number of hydrogen-bond acceptors (Lipinski definition) is 4. The second-order valence-corrected chi connectivity index (χ2v) is 4.71. The topological polar surface area (TPSA) is 60.5 Å². The van der Waals surface area contributed by atoms with Crippen molar-refractivity contribution < 1.29 is 14.3 Å². The van der Waals surface area contributed by atoms with Crippen LogP contribution in [0.1, 0.15) is 5.56 Å². The van der Waals surface area contributed by atoms with Gasteiger partial charge in [0.2, 0.25) is 11.8 Å². The lowest BCUT2D eigenvalue weighted by Crippen LogP contribution is -2.15. The average molecular weight is 307 g/mol. The molecule has 0 aliphatic rings. The third-order valence-electron chi connectivity index (χ3n) is 2.82. The number of halogens is 1. The van der Waals surface area contributed by atoms with Crippen LogP contribution in [0, 0.1) is 0 Å². The lowest BCUT2D eigenvalue weighted by molar-refractivity contribution is -0.115. The molecule has 1 heterocycles. The van der Waals surface area contributed by atoms with Crippen LogP contribution < -0.4 is 14.8 Å². The number of ether oxygens (including phenoxy) is 2. The number of aromatic nitrogens is 1. The Bertz CT molecular complexity index is 629. The fourth-order valence-electron chi connectivity index (χ4n) is 1.84. The molecule has 6 heteroatoms. The van der Waals surface area contributed by atoms with Crippen LogP contribution >= 0.6 is 11.6 Å². The van der Waals surface area contributed by atoms with Crippen molar-refractivity contribution in [2.45, 2.75) is 6.42 Å². The van der Waals surface area contributed by atoms with E-state index in [-0.39, 0.29) is 12.3 Å². The van der Waals surface area contributed by atoms with Gasteiger partial charge in [0.1, 0.15) is 5.75 Å². The number of nitrogens with zero attached hydrogens (tertiary/aromatic N) is 1. The van der Waals surface area contributed by atoms with Crippen molar-refractivity contribution in [2.75, 3.05) is 19.5 Å². The molecule has 1 N–H and O–H groups in total. The highest BCUT2D eigenvalue weighted by Crippen LogP contribution is 2.23. The molecule has 0 spiro atoms. The van der Waals surface area contributed by atoms with Crippen LogP contribution in [-0.4, -0.2) is 25.1 Å². The quantitative estimate of drug-likeness (QED) is 0.922. The van der Waals surface area contributed by atoms with Gasteiger partial charge in [-0.3, -0.25) is 4.79 Å². The first-order valence-electron chi connectivity index (χ1n) is 6.24. The largest absolute Gasteiger partial charge is 0.496 e. The normalized spacial score (nSPS) is 10.0. The summed E-state index contributed by atoms with van der Waals surface area (Å²) in [7, 11) is 3.09. The Labute approximate surface area is 127 Å².